The van der Waals surface area contributed by atoms with Gasteiger partial charge in [-0.2, -0.15) is 0 Å². The van der Waals surface area contributed by atoms with Gasteiger partial charge in [-0.15, -0.1) is 0 Å². The Balaban J connectivity index is 1.23. The minimum atomic E-state index is 0.172. The van der Waals surface area contributed by atoms with Gasteiger partial charge in [0, 0.05) is 51.4 Å². The van der Waals surface area contributed by atoms with Crippen molar-refractivity contribution >= 4 is 29.1 Å². The van der Waals surface area contributed by atoms with Gasteiger partial charge in [-0.05, 0) is 48.1 Å². The van der Waals surface area contributed by atoms with E-state index in [2.05, 4.69) is 75.4 Å². The van der Waals surface area contributed by atoms with Gasteiger partial charge in [0.15, 0.2) is 0 Å². The lowest BCUT2D eigenvalue weighted by atomic mass is 9.90. The van der Waals surface area contributed by atoms with Crippen LogP contribution in [0.5, 0.6) is 0 Å². The summed E-state index contributed by atoms with van der Waals surface area (Å²) in [5, 5.41) is 1.02. The molecule has 0 saturated carbocycles. The molecule has 37 heavy (non-hydrogen) atoms. The van der Waals surface area contributed by atoms with Crippen LogP contribution in [0, 0.1) is 0 Å². The largest absolute Gasteiger partial charge is 0.339 e. The average molecular weight is 537 g/mol. The van der Waals surface area contributed by atoms with Crippen LogP contribution in [0.15, 0.2) is 78.9 Å². The number of piperazine rings is 1. The van der Waals surface area contributed by atoms with Crippen molar-refractivity contribution in [3.8, 4) is 0 Å². The molecule has 2 saturated heterocycles. The van der Waals surface area contributed by atoms with Crippen LogP contribution in [0.2, 0.25) is 10.0 Å². The van der Waals surface area contributed by atoms with Gasteiger partial charge < -0.3 is 4.90 Å². The second-order valence-electron chi connectivity index (χ2n) is 10.3. The average Bonchev–Trinajstić information content (AvgIpc) is 2.92. The van der Waals surface area contributed by atoms with Gasteiger partial charge in [0.05, 0.1) is 16.5 Å². The first-order valence-corrected chi connectivity index (χ1v) is 14.1. The van der Waals surface area contributed by atoms with Crippen molar-refractivity contribution in [1.82, 2.24) is 14.7 Å². The highest BCUT2D eigenvalue weighted by atomic mass is 35.5. The normalized spacial score (nSPS) is 21.2. The minimum absolute atomic E-state index is 0.172. The van der Waals surface area contributed by atoms with E-state index in [-0.39, 0.29) is 11.9 Å². The Morgan fingerprint density at radius 1 is 0.757 bits per heavy atom. The van der Waals surface area contributed by atoms with Gasteiger partial charge >= 0.3 is 0 Å². The van der Waals surface area contributed by atoms with E-state index in [1.807, 2.05) is 12.1 Å². The van der Waals surface area contributed by atoms with Gasteiger partial charge in [-0.3, -0.25) is 14.6 Å². The minimum Gasteiger partial charge on any atom is -0.339 e. The van der Waals surface area contributed by atoms with Crippen LogP contribution < -0.4 is 0 Å². The van der Waals surface area contributed by atoms with E-state index < -0.39 is 0 Å². The number of nitrogens with zero attached hydrogens (tertiary/aromatic N) is 3. The van der Waals surface area contributed by atoms with Crippen LogP contribution in [0.1, 0.15) is 29.5 Å². The third kappa shape index (κ3) is 6.94. The monoisotopic (exact) mass is 535 g/mol. The number of piperidine rings is 1. The summed E-state index contributed by atoms with van der Waals surface area (Å²) in [5.41, 5.74) is 3.58. The highest BCUT2D eigenvalue weighted by Gasteiger charge is 2.35. The molecule has 1 amide bonds. The van der Waals surface area contributed by atoms with E-state index in [1.54, 1.807) is 6.07 Å². The van der Waals surface area contributed by atoms with Gasteiger partial charge in [-0.1, -0.05) is 89.9 Å². The molecule has 2 atom stereocenters. The molecule has 194 valence electrons. The van der Waals surface area contributed by atoms with Crippen LogP contribution in [0.25, 0.3) is 0 Å². The van der Waals surface area contributed by atoms with Gasteiger partial charge in [0.1, 0.15) is 0 Å². The first-order valence-electron chi connectivity index (χ1n) is 13.3. The molecule has 0 bridgehead atoms. The van der Waals surface area contributed by atoms with E-state index in [0.29, 0.717) is 22.5 Å². The summed E-state index contributed by atoms with van der Waals surface area (Å²) in [6.07, 6.45) is 3.28. The van der Waals surface area contributed by atoms with E-state index in [0.717, 1.165) is 64.1 Å². The molecule has 0 N–H and O–H groups in total. The third-order valence-electron chi connectivity index (χ3n) is 7.83. The molecular formula is C31H35Cl2N3O. The number of hydrogen-bond donors (Lipinski definition) is 0. The fraction of sp³-hybridized carbons (Fsp3) is 0.387. The fourth-order valence-electron chi connectivity index (χ4n) is 5.82. The number of amides is 1. The molecule has 2 aliphatic heterocycles. The van der Waals surface area contributed by atoms with Gasteiger partial charge in [-0.25, -0.2) is 0 Å². The summed E-state index contributed by atoms with van der Waals surface area (Å²) in [7, 11) is 0. The summed E-state index contributed by atoms with van der Waals surface area (Å²) in [6, 6.07) is 27.5. The molecule has 4 nitrogen and oxygen atoms in total. The first-order chi connectivity index (χ1) is 18.0. The zero-order valence-electron chi connectivity index (χ0n) is 21.2. The molecule has 5 rings (SSSR count). The van der Waals surface area contributed by atoms with Crippen LogP contribution in [0.3, 0.4) is 0 Å². The number of benzene rings is 3. The van der Waals surface area contributed by atoms with Crippen molar-refractivity contribution < 1.29 is 4.79 Å². The topological polar surface area (TPSA) is 26.8 Å². The lowest BCUT2D eigenvalue weighted by Gasteiger charge is -2.46. The maximum absolute atomic E-state index is 13.5. The van der Waals surface area contributed by atoms with Crippen LogP contribution in [0.4, 0.5) is 0 Å². The summed E-state index contributed by atoms with van der Waals surface area (Å²) >= 11 is 12.3. The van der Waals surface area contributed by atoms with Gasteiger partial charge in [0.2, 0.25) is 5.91 Å². The van der Waals surface area contributed by atoms with Crippen molar-refractivity contribution in [2.45, 2.75) is 44.3 Å². The third-order valence-corrected chi connectivity index (χ3v) is 8.57. The lowest BCUT2D eigenvalue weighted by Crippen LogP contribution is -2.56. The van der Waals surface area contributed by atoms with E-state index >= 15 is 0 Å². The molecule has 0 aromatic heterocycles. The Morgan fingerprint density at radius 2 is 1.43 bits per heavy atom. The molecule has 3 aromatic rings. The van der Waals surface area contributed by atoms with Crippen molar-refractivity contribution in [2.24, 2.45) is 0 Å². The number of halogens is 2. The molecular weight excluding hydrogens is 501 g/mol. The molecule has 0 radical (unpaired) electrons. The summed E-state index contributed by atoms with van der Waals surface area (Å²) in [5.74, 6) is 0.172. The highest BCUT2D eigenvalue weighted by Crippen LogP contribution is 2.28. The standard InChI is InChI=1S/C31H35Cl2N3O/c32-29-12-11-26(20-30(29)33)21-31(37)36-14-13-27(22-28(36)19-24-7-3-1-4-8-24)35-17-15-34(16-18-35)23-25-9-5-2-6-10-25/h1-12,20,27-28H,13-19,21-23H2. The molecule has 2 unspecified atom stereocenters. The van der Waals surface area contributed by atoms with Crippen LogP contribution >= 0.6 is 23.2 Å². The molecule has 2 fully saturated rings. The van der Waals surface area contributed by atoms with Gasteiger partial charge in [0.25, 0.3) is 0 Å². The first kappa shape index (κ1) is 26.2. The van der Waals surface area contributed by atoms with Crippen LogP contribution in [-0.2, 0) is 24.2 Å². The number of rotatable bonds is 7. The molecule has 3 aromatic carbocycles. The number of carbonyl (C=O) groups excluding carboxylic acids is 1. The van der Waals surface area contributed by atoms with E-state index in [9.17, 15) is 4.79 Å². The highest BCUT2D eigenvalue weighted by molar-refractivity contribution is 6.42. The Bertz CT molecular complexity index is 1170. The summed E-state index contributed by atoms with van der Waals surface area (Å²) in [6.45, 7) is 6.18. The maximum Gasteiger partial charge on any atom is 0.227 e. The van der Waals surface area contributed by atoms with Crippen molar-refractivity contribution in [3.63, 3.8) is 0 Å². The molecule has 2 aliphatic rings. The Labute approximate surface area is 230 Å². The predicted octanol–water partition coefficient (Wildman–Crippen LogP) is 5.96. The smallest absolute Gasteiger partial charge is 0.227 e. The molecule has 2 heterocycles. The molecule has 0 spiro atoms. The Morgan fingerprint density at radius 3 is 2.11 bits per heavy atom. The van der Waals surface area contributed by atoms with E-state index in [4.69, 9.17) is 23.2 Å². The van der Waals surface area contributed by atoms with Crippen molar-refractivity contribution in [3.05, 3.63) is 106 Å². The van der Waals surface area contributed by atoms with E-state index in [1.165, 1.54) is 11.1 Å². The van der Waals surface area contributed by atoms with Crippen molar-refractivity contribution in [2.75, 3.05) is 32.7 Å². The zero-order chi connectivity index (χ0) is 25.6. The summed E-state index contributed by atoms with van der Waals surface area (Å²) in [4.78, 5) is 20.8. The molecule has 6 heteroatoms. The second-order valence-corrected chi connectivity index (χ2v) is 11.1. The number of carbonyl (C=O) groups is 1. The Kier molecular flexibility index (Phi) is 8.83. The number of hydrogen-bond acceptors (Lipinski definition) is 3. The SMILES string of the molecule is O=C(Cc1ccc(Cl)c(Cl)c1)N1CCC(N2CCN(Cc3ccccc3)CC2)CC1Cc1ccccc1. The molecule has 0 aliphatic carbocycles. The number of likely N-dealkylation sites (tertiary alicyclic amines) is 1. The quantitative estimate of drug-likeness (QED) is 0.373. The predicted molar refractivity (Wildman–Crippen MR) is 152 cm³/mol. The lowest BCUT2D eigenvalue weighted by molar-refractivity contribution is -0.135. The van der Waals surface area contributed by atoms with Crippen molar-refractivity contribution in [1.29, 1.82) is 0 Å². The second kappa shape index (κ2) is 12.4. The Hall–Kier alpha value is -2.37. The fourth-order valence-corrected chi connectivity index (χ4v) is 6.14. The van der Waals surface area contributed by atoms with Crippen LogP contribution in [-0.4, -0.2) is 65.4 Å². The maximum atomic E-state index is 13.5. The summed E-state index contributed by atoms with van der Waals surface area (Å²) < 4.78 is 0. The zero-order valence-corrected chi connectivity index (χ0v) is 22.7.